The zero-order valence-corrected chi connectivity index (χ0v) is 20.3. The lowest BCUT2D eigenvalue weighted by Gasteiger charge is -2.29. The molecule has 2 aliphatic rings. The van der Waals surface area contributed by atoms with Crippen LogP contribution < -0.4 is 10.5 Å². The van der Waals surface area contributed by atoms with Crippen molar-refractivity contribution in [2.24, 2.45) is 12.8 Å². The fourth-order valence-corrected chi connectivity index (χ4v) is 5.15. The van der Waals surface area contributed by atoms with Crippen LogP contribution in [0, 0.1) is 0 Å². The van der Waals surface area contributed by atoms with Crippen molar-refractivity contribution in [3.63, 3.8) is 0 Å². The molecule has 0 saturated heterocycles. The minimum Gasteiger partial charge on any atom is -0.495 e. The number of methoxy groups -OCH3 is 1. The number of amides is 1. The van der Waals surface area contributed by atoms with Crippen LogP contribution in [0.4, 0.5) is 8.78 Å². The van der Waals surface area contributed by atoms with E-state index in [1.807, 2.05) is 40.4 Å². The number of alkyl halides is 2. The highest BCUT2D eigenvalue weighted by Gasteiger charge is 2.44. The molecule has 0 spiro atoms. The van der Waals surface area contributed by atoms with Crippen LogP contribution in [-0.4, -0.2) is 68.5 Å². The lowest BCUT2D eigenvalue weighted by atomic mass is 10.0. The molecule has 36 heavy (non-hydrogen) atoms. The Labute approximate surface area is 206 Å². The number of nitrogens with two attached hydrogens (primary N) is 1. The first-order valence-electron chi connectivity index (χ1n) is 12.1. The van der Waals surface area contributed by atoms with Gasteiger partial charge >= 0.3 is 0 Å². The highest BCUT2D eigenvalue weighted by atomic mass is 19.1. The molecule has 0 radical (unpaired) electrons. The number of rotatable bonds is 7. The highest BCUT2D eigenvalue weighted by molar-refractivity contribution is 5.99. The van der Waals surface area contributed by atoms with E-state index in [2.05, 4.69) is 0 Å². The van der Waals surface area contributed by atoms with Crippen molar-refractivity contribution in [2.45, 2.75) is 37.5 Å². The summed E-state index contributed by atoms with van der Waals surface area (Å²) in [6, 6.07) is 8.80. The van der Waals surface area contributed by atoms with Crippen molar-refractivity contribution in [3.05, 3.63) is 41.6 Å². The van der Waals surface area contributed by atoms with Crippen LogP contribution >= 0.6 is 0 Å². The Morgan fingerprint density at radius 1 is 1.25 bits per heavy atom. The Balaban J connectivity index is 1.48. The summed E-state index contributed by atoms with van der Waals surface area (Å²) in [6.45, 7) is 0.126. The van der Waals surface area contributed by atoms with Gasteiger partial charge in [0.25, 0.3) is 5.91 Å². The third-order valence-electron chi connectivity index (χ3n) is 7.28. The number of fused-ring (bicyclic) bond motifs is 3. The molecular formula is C26H28F2N6O2. The topological polar surface area (TPSA) is 91.2 Å². The quantitative estimate of drug-likeness (QED) is 0.425. The molecule has 6 rings (SSSR count). The van der Waals surface area contributed by atoms with Crippen molar-refractivity contribution >= 4 is 28.0 Å². The Morgan fingerprint density at radius 2 is 2.06 bits per heavy atom. The number of benzene rings is 1. The summed E-state index contributed by atoms with van der Waals surface area (Å²) in [5.74, 6) is 1.09. The van der Waals surface area contributed by atoms with Gasteiger partial charge in [-0.3, -0.25) is 4.79 Å². The molecule has 1 aliphatic carbocycles. The van der Waals surface area contributed by atoms with Crippen molar-refractivity contribution in [2.75, 3.05) is 26.9 Å². The lowest BCUT2D eigenvalue weighted by Crippen LogP contribution is -2.45. The molecule has 1 fully saturated rings. The smallest absolute Gasteiger partial charge is 0.255 e. The summed E-state index contributed by atoms with van der Waals surface area (Å²) in [5.41, 5.74) is 8.47. The van der Waals surface area contributed by atoms with Gasteiger partial charge in [-0.25, -0.2) is 18.7 Å². The lowest BCUT2D eigenvalue weighted by molar-refractivity contribution is 0.0723. The summed E-state index contributed by atoms with van der Waals surface area (Å²) >= 11 is 0. The Bertz CT molecular complexity index is 1510. The average molecular weight is 495 g/mol. The van der Waals surface area contributed by atoms with E-state index in [4.69, 9.17) is 20.4 Å². The van der Waals surface area contributed by atoms with Crippen molar-refractivity contribution in [3.8, 4) is 17.3 Å². The number of imidazole rings is 1. The first-order valence-corrected chi connectivity index (χ1v) is 12.1. The van der Waals surface area contributed by atoms with E-state index >= 15 is 4.39 Å². The maximum Gasteiger partial charge on any atom is 0.255 e. The Hall–Kier alpha value is -3.53. The maximum absolute atomic E-state index is 15.1. The number of nitrogens with zero attached hydrogens (tertiary/aromatic N) is 5. The predicted octanol–water partition coefficient (Wildman–Crippen LogP) is 3.40. The number of pyridine rings is 1. The fraction of sp³-hybridized carbons (Fsp3) is 0.423. The van der Waals surface area contributed by atoms with E-state index in [1.165, 1.54) is 0 Å². The SMILES string of the molecule is COc1cccc2cc(-c3nc4cc5c(nc4n3C)CCN(C[C@H](N)CF)C5=O)n(CC3(F)CC3)c12. The molecule has 8 nitrogen and oxygen atoms in total. The first-order chi connectivity index (χ1) is 17.3. The second-order valence-electron chi connectivity index (χ2n) is 9.90. The molecule has 4 aromatic rings. The number of aryl methyl sites for hydroxylation is 1. The summed E-state index contributed by atoms with van der Waals surface area (Å²) in [5, 5.41) is 0.933. The van der Waals surface area contributed by atoms with E-state index in [0.717, 1.165) is 16.6 Å². The third kappa shape index (κ3) is 3.62. The highest BCUT2D eigenvalue weighted by Crippen LogP contribution is 2.44. The first kappa shape index (κ1) is 22.9. The van der Waals surface area contributed by atoms with Crippen LogP contribution in [0.3, 0.4) is 0 Å². The van der Waals surface area contributed by atoms with E-state index in [9.17, 15) is 9.18 Å². The van der Waals surface area contributed by atoms with Crippen LogP contribution in [0.2, 0.25) is 0 Å². The molecular weight excluding hydrogens is 466 g/mol. The molecule has 10 heteroatoms. The molecule has 3 aromatic heterocycles. The number of carbonyl (C=O) groups is 1. The van der Waals surface area contributed by atoms with E-state index in [1.54, 1.807) is 18.1 Å². The molecule has 1 saturated carbocycles. The Kier molecular flexibility index (Phi) is 5.26. The van der Waals surface area contributed by atoms with Crippen LogP contribution in [-0.2, 0) is 20.0 Å². The standard InChI is InChI=1S/C26H28F2N6O2/c1-32-23-19(11-17-18(30-23)6-9-33(25(17)35)13-16(29)12-27)31-24(32)20-10-15-4-3-5-21(36-2)22(15)34(20)14-26(28)7-8-26/h3-5,10-11,16H,6-9,12-14,29H2,1-2H3/t16-/m1/s1. The van der Waals surface area contributed by atoms with Gasteiger partial charge in [-0.2, -0.15) is 0 Å². The van der Waals surface area contributed by atoms with Gasteiger partial charge in [-0.15, -0.1) is 0 Å². The van der Waals surface area contributed by atoms with E-state index < -0.39 is 18.4 Å². The van der Waals surface area contributed by atoms with Gasteiger partial charge in [0.15, 0.2) is 11.5 Å². The molecule has 0 unspecified atom stereocenters. The molecule has 0 bridgehead atoms. The second-order valence-corrected chi connectivity index (χ2v) is 9.90. The Morgan fingerprint density at radius 3 is 2.78 bits per heavy atom. The van der Waals surface area contributed by atoms with E-state index in [-0.39, 0.29) is 19.0 Å². The number of carbonyl (C=O) groups excluding carboxylic acids is 1. The monoisotopic (exact) mass is 494 g/mol. The summed E-state index contributed by atoms with van der Waals surface area (Å²) in [6.07, 6.45) is 1.61. The largest absolute Gasteiger partial charge is 0.495 e. The zero-order chi connectivity index (χ0) is 25.2. The third-order valence-corrected chi connectivity index (χ3v) is 7.28. The van der Waals surface area contributed by atoms with Gasteiger partial charge in [0, 0.05) is 31.9 Å². The van der Waals surface area contributed by atoms with Gasteiger partial charge in [0.05, 0.1) is 42.2 Å². The molecule has 1 atom stereocenters. The van der Waals surface area contributed by atoms with Crippen molar-refractivity contribution in [1.82, 2.24) is 24.0 Å². The van der Waals surface area contributed by atoms with Gasteiger partial charge in [0.2, 0.25) is 0 Å². The van der Waals surface area contributed by atoms with Gasteiger partial charge in [-0.05, 0) is 31.0 Å². The molecule has 2 N–H and O–H groups in total. The number of para-hydroxylation sites is 1. The van der Waals surface area contributed by atoms with Gasteiger partial charge in [0.1, 0.15) is 23.6 Å². The van der Waals surface area contributed by atoms with Gasteiger partial charge in [-0.1, -0.05) is 12.1 Å². The van der Waals surface area contributed by atoms with Gasteiger partial charge < -0.3 is 24.5 Å². The number of ether oxygens (including phenoxy) is 1. The number of aromatic nitrogens is 4. The molecule has 188 valence electrons. The van der Waals surface area contributed by atoms with Crippen LogP contribution in [0.25, 0.3) is 33.6 Å². The second kappa shape index (κ2) is 8.26. The van der Waals surface area contributed by atoms with Crippen molar-refractivity contribution < 1.29 is 18.3 Å². The number of hydrogen-bond donors (Lipinski definition) is 1. The molecule has 4 heterocycles. The normalized spacial score (nSPS) is 17.6. The fourth-order valence-electron chi connectivity index (χ4n) is 5.15. The van der Waals surface area contributed by atoms with Crippen LogP contribution in [0.1, 0.15) is 28.9 Å². The number of halogens is 2. The summed E-state index contributed by atoms with van der Waals surface area (Å²) in [4.78, 5) is 24.3. The molecule has 1 aliphatic heterocycles. The number of hydrogen-bond acceptors (Lipinski definition) is 5. The van der Waals surface area contributed by atoms with Crippen LogP contribution in [0.15, 0.2) is 30.3 Å². The van der Waals surface area contributed by atoms with Crippen LogP contribution in [0.5, 0.6) is 5.75 Å². The van der Waals surface area contributed by atoms with Crippen molar-refractivity contribution in [1.29, 1.82) is 0 Å². The average Bonchev–Trinajstić information content (AvgIpc) is 3.38. The summed E-state index contributed by atoms with van der Waals surface area (Å²) < 4.78 is 37.4. The minimum absolute atomic E-state index is 0.160. The van der Waals surface area contributed by atoms with E-state index in [0.29, 0.717) is 59.8 Å². The summed E-state index contributed by atoms with van der Waals surface area (Å²) in [7, 11) is 3.49. The molecule has 1 aromatic carbocycles. The molecule has 1 amide bonds. The predicted molar refractivity (Wildman–Crippen MR) is 133 cm³/mol. The minimum atomic E-state index is -1.24. The zero-order valence-electron chi connectivity index (χ0n) is 20.3. The maximum atomic E-state index is 15.1.